The molecule has 0 saturated heterocycles. The van der Waals surface area contributed by atoms with Crippen LogP contribution in [0.1, 0.15) is 59.3 Å². The zero-order valence-corrected chi connectivity index (χ0v) is 12.9. The fraction of sp³-hybridized carbons (Fsp3) is 0.933. The molecule has 0 bridgehead atoms. The van der Waals surface area contributed by atoms with E-state index < -0.39 is 0 Å². The molecule has 2 atom stereocenters. The van der Waals surface area contributed by atoms with Crippen LogP contribution in [-0.4, -0.2) is 23.0 Å². The third-order valence-corrected chi connectivity index (χ3v) is 5.21. The lowest BCUT2D eigenvalue weighted by Gasteiger charge is -2.28. The van der Waals surface area contributed by atoms with Crippen molar-refractivity contribution < 1.29 is 0 Å². The number of thioether (sulfide) groups is 1. The molecule has 2 rings (SSSR count). The second kappa shape index (κ2) is 6.83. The molecule has 0 amide bonds. The zero-order chi connectivity index (χ0) is 13.0. The Labute approximate surface area is 116 Å². The van der Waals surface area contributed by atoms with Crippen LogP contribution in [0.5, 0.6) is 0 Å². The van der Waals surface area contributed by atoms with Crippen LogP contribution < -0.4 is 5.32 Å². The van der Waals surface area contributed by atoms with Crippen molar-refractivity contribution >= 4 is 16.9 Å². The van der Waals surface area contributed by atoms with Gasteiger partial charge in [-0.25, -0.2) is 0 Å². The summed E-state index contributed by atoms with van der Waals surface area (Å²) in [6.45, 7) is 6.92. The van der Waals surface area contributed by atoms with Gasteiger partial charge in [-0.1, -0.05) is 44.9 Å². The van der Waals surface area contributed by atoms with Gasteiger partial charge in [0.2, 0.25) is 0 Å². The number of aliphatic imine (C=N–C) groups is 1. The van der Waals surface area contributed by atoms with E-state index in [0.717, 1.165) is 11.8 Å². The standard InChI is InChI=1S/C15H28N2S/c1-11(2)9-14-10-18-15(17-14)16-12(3)13-7-5-4-6-8-13/h11-14H,4-10H2,1-3H3,(H,16,17). The molecule has 3 heteroatoms. The Kier molecular flexibility index (Phi) is 5.40. The molecule has 2 unspecified atom stereocenters. The van der Waals surface area contributed by atoms with Crippen molar-refractivity contribution in [2.24, 2.45) is 16.8 Å². The summed E-state index contributed by atoms with van der Waals surface area (Å²) in [4.78, 5) is 4.83. The second-order valence-corrected chi connectivity index (χ2v) is 7.37. The van der Waals surface area contributed by atoms with Gasteiger partial charge in [0.25, 0.3) is 0 Å². The van der Waals surface area contributed by atoms with Crippen LogP contribution in [0, 0.1) is 11.8 Å². The minimum absolute atomic E-state index is 0.552. The molecule has 0 aromatic carbocycles. The molecular weight excluding hydrogens is 240 g/mol. The molecule has 1 fully saturated rings. The van der Waals surface area contributed by atoms with E-state index >= 15 is 0 Å². The summed E-state index contributed by atoms with van der Waals surface area (Å²) in [7, 11) is 0. The van der Waals surface area contributed by atoms with E-state index in [4.69, 9.17) is 4.99 Å². The quantitative estimate of drug-likeness (QED) is 0.831. The summed E-state index contributed by atoms with van der Waals surface area (Å²) in [5.74, 6) is 2.80. The van der Waals surface area contributed by atoms with Gasteiger partial charge in [0, 0.05) is 11.8 Å². The van der Waals surface area contributed by atoms with Crippen LogP contribution in [0.3, 0.4) is 0 Å². The minimum atomic E-state index is 0.552. The summed E-state index contributed by atoms with van der Waals surface area (Å²) in [6, 6.07) is 1.16. The van der Waals surface area contributed by atoms with Crippen molar-refractivity contribution in [3.63, 3.8) is 0 Å². The van der Waals surface area contributed by atoms with Crippen LogP contribution in [0.25, 0.3) is 0 Å². The maximum Gasteiger partial charge on any atom is 0.157 e. The van der Waals surface area contributed by atoms with Gasteiger partial charge in [-0.2, -0.15) is 0 Å². The summed E-state index contributed by atoms with van der Waals surface area (Å²) in [5.41, 5.74) is 0. The van der Waals surface area contributed by atoms with Crippen LogP contribution in [-0.2, 0) is 0 Å². The number of nitrogens with zero attached hydrogens (tertiary/aromatic N) is 1. The maximum atomic E-state index is 4.83. The fourth-order valence-corrected chi connectivity index (χ4v) is 4.16. The molecule has 1 aliphatic heterocycles. The van der Waals surface area contributed by atoms with Crippen molar-refractivity contribution in [3.05, 3.63) is 0 Å². The molecule has 104 valence electrons. The molecule has 0 aromatic rings. The molecule has 18 heavy (non-hydrogen) atoms. The van der Waals surface area contributed by atoms with Crippen molar-refractivity contribution in [2.75, 3.05) is 5.75 Å². The van der Waals surface area contributed by atoms with Gasteiger partial charge in [0.1, 0.15) is 0 Å². The monoisotopic (exact) mass is 268 g/mol. The van der Waals surface area contributed by atoms with E-state index in [1.165, 1.54) is 49.4 Å². The summed E-state index contributed by atoms with van der Waals surface area (Å²) in [5, 5.41) is 4.87. The Hall–Kier alpha value is -0.180. The van der Waals surface area contributed by atoms with Gasteiger partial charge in [0.15, 0.2) is 5.17 Å². The SMILES string of the molecule is CC(C)CC1CSC(NC(C)C2CCCCC2)=N1. The Balaban J connectivity index is 1.78. The van der Waals surface area contributed by atoms with Gasteiger partial charge in [0.05, 0.1) is 6.04 Å². The highest BCUT2D eigenvalue weighted by molar-refractivity contribution is 8.14. The number of hydrogen-bond donors (Lipinski definition) is 1. The zero-order valence-electron chi connectivity index (χ0n) is 12.1. The molecule has 1 aliphatic carbocycles. The highest BCUT2D eigenvalue weighted by atomic mass is 32.2. The van der Waals surface area contributed by atoms with E-state index in [1.807, 2.05) is 11.8 Å². The predicted octanol–water partition coefficient (Wildman–Crippen LogP) is 4.06. The average molecular weight is 268 g/mol. The van der Waals surface area contributed by atoms with Crippen molar-refractivity contribution in [2.45, 2.75) is 71.4 Å². The molecule has 0 aromatic heterocycles. The Morgan fingerprint density at radius 1 is 1.22 bits per heavy atom. The Morgan fingerprint density at radius 3 is 2.61 bits per heavy atom. The average Bonchev–Trinajstić information content (AvgIpc) is 2.76. The molecule has 1 N–H and O–H groups in total. The fourth-order valence-electron chi connectivity index (χ4n) is 3.11. The molecule has 0 spiro atoms. The van der Waals surface area contributed by atoms with Gasteiger partial charge < -0.3 is 5.32 Å². The first kappa shape index (κ1) is 14.2. The number of hydrogen-bond acceptors (Lipinski definition) is 3. The van der Waals surface area contributed by atoms with Crippen molar-refractivity contribution in [3.8, 4) is 0 Å². The molecular formula is C15H28N2S. The summed E-state index contributed by atoms with van der Waals surface area (Å²) in [6.07, 6.45) is 8.33. The maximum absolute atomic E-state index is 4.83. The number of rotatable bonds is 4. The van der Waals surface area contributed by atoms with E-state index in [-0.39, 0.29) is 0 Å². The summed E-state index contributed by atoms with van der Waals surface area (Å²) >= 11 is 1.92. The van der Waals surface area contributed by atoms with Crippen molar-refractivity contribution in [1.82, 2.24) is 5.32 Å². The first-order valence-electron chi connectivity index (χ1n) is 7.62. The number of amidine groups is 1. The summed E-state index contributed by atoms with van der Waals surface area (Å²) < 4.78 is 0. The third-order valence-electron chi connectivity index (χ3n) is 4.16. The van der Waals surface area contributed by atoms with Gasteiger partial charge in [-0.3, -0.25) is 4.99 Å². The normalized spacial score (nSPS) is 27.3. The smallest absolute Gasteiger partial charge is 0.157 e. The lowest BCUT2D eigenvalue weighted by atomic mass is 9.85. The molecule has 1 saturated carbocycles. The van der Waals surface area contributed by atoms with Crippen LogP contribution >= 0.6 is 11.8 Å². The Morgan fingerprint density at radius 2 is 1.94 bits per heavy atom. The second-order valence-electron chi connectivity index (χ2n) is 6.36. The van der Waals surface area contributed by atoms with E-state index in [2.05, 4.69) is 26.1 Å². The van der Waals surface area contributed by atoms with Crippen LogP contribution in [0.2, 0.25) is 0 Å². The molecule has 2 aliphatic rings. The largest absolute Gasteiger partial charge is 0.362 e. The Bertz CT molecular complexity index is 282. The molecule has 1 heterocycles. The van der Waals surface area contributed by atoms with Gasteiger partial charge in [-0.15, -0.1) is 0 Å². The van der Waals surface area contributed by atoms with Gasteiger partial charge in [-0.05, 0) is 38.0 Å². The predicted molar refractivity (Wildman–Crippen MR) is 82.3 cm³/mol. The van der Waals surface area contributed by atoms with Crippen LogP contribution in [0.4, 0.5) is 0 Å². The van der Waals surface area contributed by atoms with E-state index in [0.29, 0.717) is 12.1 Å². The van der Waals surface area contributed by atoms with Gasteiger partial charge >= 0.3 is 0 Å². The third kappa shape index (κ3) is 4.18. The highest BCUT2D eigenvalue weighted by Gasteiger charge is 2.24. The topological polar surface area (TPSA) is 24.4 Å². The van der Waals surface area contributed by atoms with Crippen LogP contribution in [0.15, 0.2) is 4.99 Å². The number of nitrogens with one attached hydrogen (secondary N) is 1. The first-order valence-corrected chi connectivity index (χ1v) is 8.61. The van der Waals surface area contributed by atoms with Crippen molar-refractivity contribution in [1.29, 1.82) is 0 Å². The molecule has 0 radical (unpaired) electrons. The minimum Gasteiger partial charge on any atom is -0.362 e. The lowest BCUT2D eigenvalue weighted by molar-refractivity contribution is 0.302. The van der Waals surface area contributed by atoms with E-state index in [9.17, 15) is 0 Å². The first-order chi connectivity index (χ1) is 8.65. The highest BCUT2D eigenvalue weighted by Crippen LogP contribution is 2.28. The van der Waals surface area contributed by atoms with E-state index in [1.54, 1.807) is 0 Å². The molecule has 2 nitrogen and oxygen atoms in total. The lowest BCUT2D eigenvalue weighted by Crippen LogP contribution is -2.37.